The average Bonchev–Trinajstić information content (AvgIpc) is 3.16. The van der Waals surface area contributed by atoms with Gasteiger partial charge in [-0.1, -0.05) is 67.6 Å². The van der Waals surface area contributed by atoms with E-state index in [0.717, 1.165) is 16.8 Å². The second-order valence-corrected chi connectivity index (χ2v) is 7.71. The van der Waals surface area contributed by atoms with Crippen LogP contribution in [0.1, 0.15) is 34.1 Å². The van der Waals surface area contributed by atoms with Crippen molar-refractivity contribution in [3.63, 3.8) is 0 Å². The van der Waals surface area contributed by atoms with Crippen LogP contribution in [-0.2, 0) is 22.4 Å². The van der Waals surface area contributed by atoms with Crippen LogP contribution in [0.15, 0.2) is 66.9 Å². The number of carboxylic acid groups (broad SMARTS) is 1. The molecule has 0 fully saturated rings. The number of rotatable bonds is 9. The zero-order valence-corrected chi connectivity index (χ0v) is 18.5. The third-order valence-electron chi connectivity index (χ3n) is 5.52. The topological polar surface area (TPSA) is 124 Å². The Morgan fingerprint density at radius 3 is 2.26 bits per heavy atom. The van der Waals surface area contributed by atoms with Gasteiger partial charge in [-0.25, -0.2) is 9.78 Å². The minimum atomic E-state index is -1.19. The van der Waals surface area contributed by atoms with Crippen LogP contribution in [0.5, 0.6) is 5.88 Å². The average molecular weight is 457 g/mol. The van der Waals surface area contributed by atoms with Crippen molar-refractivity contribution in [3.05, 3.63) is 89.2 Å². The molecule has 4 rings (SSSR count). The quantitative estimate of drug-likeness (QED) is 0.294. The number of carboxylic acids is 1. The molecule has 34 heavy (non-hydrogen) atoms. The predicted molar refractivity (Wildman–Crippen MR) is 126 cm³/mol. The monoisotopic (exact) mass is 457 g/mol. The predicted octanol–water partition coefficient (Wildman–Crippen LogP) is 3.29. The molecule has 0 aliphatic carbocycles. The van der Waals surface area contributed by atoms with Crippen molar-refractivity contribution in [2.45, 2.75) is 19.8 Å². The van der Waals surface area contributed by atoms with Crippen LogP contribution in [0.25, 0.3) is 16.8 Å². The molecule has 0 spiro atoms. The number of benzene rings is 2. The lowest BCUT2D eigenvalue weighted by Crippen LogP contribution is -2.24. The summed E-state index contributed by atoms with van der Waals surface area (Å²) in [6.45, 7) is 1.22. The Balaban J connectivity index is 2.07. The zero-order valence-electron chi connectivity index (χ0n) is 18.5. The molecule has 2 aromatic heterocycles. The number of Topliss-reactive ketones (excluding diaryl/α,β-unsaturated/α-hetero) is 1. The highest BCUT2D eigenvalue weighted by molar-refractivity contribution is 6.44. The molecule has 0 radical (unpaired) electrons. The Morgan fingerprint density at radius 2 is 1.68 bits per heavy atom. The molecule has 0 unspecified atom stereocenters. The molecule has 1 amide bonds. The Kier molecular flexibility index (Phi) is 6.40. The Labute approximate surface area is 195 Å². The molecule has 0 bridgehead atoms. The first-order chi connectivity index (χ1) is 16.4. The summed E-state index contributed by atoms with van der Waals surface area (Å²) < 4.78 is 7.31. The molecule has 8 heteroatoms. The van der Waals surface area contributed by atoms with E-state index < -0.39 is 24.3 Å². The Bertz CT molecular complexity index is 1380. The van der Waals surface area contributed by atoms with Crippen LogP contribution in [0.2, 0.25) is 0 Å². The maximum absolute atomic E-state index is 13.0. The van der Waals surface area contributed by atoms with Crippen LogP contribution in [0, 0.1) is 0 Å². The van der Waals surface area contributed by atoms with Gasteiger partial charge in [-0.15, -0.1) is 0 Å². The largest absolute Gasteiger partial charge is 0.479 e. The highest BCUT2D eigenvalue weighted by Crippen LogP contribution is 2.34. The number of aliphatic carboxylic acids is 1. The fourth-order valence-electron chi connectivity index (χ4n) is 4.06. The number of nitrogens with zero attached hydrogens (tertiary/aromatic N) is 2. The maximum Gasteiger partial charge on any atom is 0.341 e. The fourth-order valence-corrected chi connectivity index (χ4v) is 4.06. The summed E-state index contributed by atoms with van der Waals surface area (Å²) in [5, 5.41) is 9.20. The summed E-state index contributed by atoms with van der Waals surface area (Å²) in [7, 11) is 0. The first-order valence-electron chi connectivity index (χ1n) is 10.8. The highest BCUT2D eigenvalue weighted by Gasteiger charge is 2.29. The normalized spacial score (nSPS) is 10.9. The number of aromatic nitrogens is 2. The number of primary amides is 1. The van der Waals surface area contributed by atoms with Crippen molar-refractivity contribution < 1.29 is 24.2 Å². The number of carbonyl (C=O) groups excluding carboxylic acids is 2. The van der Waals surface area contributed by atoms with E-state index in [1.165, 1.54) is 0 Å². The first kappa shape index (κ1) is 22.7. The number of ether oxygens (including phenoxy) is 1. The van der Waals surface area contributed by atoms with Crippen molar-refractivity contribution in [2.75, 3.05) is 6.61 Å². The molecule has 4 aromatic rings. The van der Waals surface area contributed by atoms with Gasteiger partial charge >= 0.3 is 5.97 Å². The van der Waals surface area contributed by atoms with Crippen molar-refractivity contribution in [3.8, 4) is 17.1 Å². The molecule has 0 aliphatic rings. The summed E-state index contributed by atoms with van der Waals surface area (Å²) in [5.41, 5.74) is 9.42. The van der Waals surface area contributed by atoms with Gasteiger partial charge in [0.05, 0.1) is 11.3 Å². The maximum atomic E-state index is 13.0. The molecule has 0 atom stereocenters. The van der Waals surface area contributed by atoms with Crippen molar-refractivity contribution >= 4 is 23.2 Å². The molecule has 2 heterocycles. The number of hydrogen-bond donors (Lipinski definition) is 2. The lowest BCUT2D eigenvalue weighted by Gasteiger charge is -2.12. The van der Waals surface area contributed by atoms with Gasteiger partial charge < -0.3 is 20.0 Å². The van der Waals surface area contributed by atoms with Crippen LogP contribution >= 0.6 is 0 Å². The summed E-state index contributed by atoms with van der Waals surface area (Å²) in [5.74, 6) is -3.23. The van der Waals surface area contributed by atoms with E-state index in [1.807, 2.05) is 67.6 Å². The smallest absolute Gasteiger partial charge is 0.341 e. The Hall–Kier alpha value is -4.46. The third-order valence-corrected chi connectivity index (χ3v) is 5.52. The number of nitrogens with two attached hydrogens (primary N) is 1. The third kappa shape index (κ3) is 4.38. The molecule has 0 aliphatic heterocycles. The van der Waals surface area contributed by atoms with Gasteiger partial charge in [-0.3, -0.25) is 9.59 Å². The van der Waals surface area contributed by atoms with E-state index in [-0.39, 0.29) is 17.0 Å². The second-order valence-electron chi connectivity index (χ2n) is 7.71. The number of fused-ring (bicyclic) bond motifs is 1. The van der Waals surface area contributed by atoms with Crippen molar-refractivity contribution in [1.29, 1.82) is 0 Å². The van der Waals surface area contributed by atoms with Crippen LogP contribution in [-0.4, -0.2) is 38.8 Å². The molecule has 3 N–H and O–H groups in total. The molecule has 0 saturated heterocycles. The fraction of sp³-hybridized carbons (Fsp3) is 0.154. The van der Waals surface area contributed by atoms with E-state index >= 15 is 0 Å². The summed E-state index contributed by atoms with van der Waals surface area (Å²) in [6, 6.07) is 19.0. The van der Waals surface area contributed by atoms with Gasteiger partial charge in [0.1, 0.15) is 5.52 Å². The van der Waals surface area contributed by atoms with Crippen molar-refractivity contribution in [1.82, 2.24) is 9.38 Å². The molecular formula is C26H23N3O5. The van der Waals surface area contributed by atoms with Crippen LogP contribution < -0.4 is 10.5 Å². The first-order valence-corrected chi connectivity index (χ1v) is 10.8. The van der Waals surface area contributed by atoms with E-state index in [2.05, 4.69) is 4.98 Å². The van der Waals surface area contributed by atoms with Gasteiger partial charge in [-0.05, 0) is 17.5 Å². The standard InChI is InChI=1S/C26H23N3O5/c1-2-18-20(13-16-9-5-3-6-10-16)29-14-19(17-11-7-4-8-12-17)28-26(34-15-21(30)31)23(29)22(18)24(32)25(27)33/h3-12,14H,2,13,15H2,1H3,(H2,27,33)(H,30,31). The summed E-state index contributed by atoms with van der Waals surface area (Å²) in [4.78, 5) is 40.7. The number of ketones is 1. The molecule has 172 valence electrons. The van der Waals surface area contributed by atoms with Gasteiger partial charge in [0.2, 0.25) is 5.88 Å². The lowest BCUT2D eigenvalue weighted by atomic mass is 9.99. The number of amides is 1. The van der Waals surface area contributed by atoms with Crippen molar-refractivity contribution in [2.24, 2.45) is 5.73 Å². The van der Waals surface area contributed by atoms with Gasteiger partial charge in [0, 0.05) is 23.9 Å². The van der Waals surface area contributed by atoms with Gasteiger partial charge in [0.15, 0.2) is 6.61 Å². The van der Waals surface area contributed by atoms with E-state index in [9.17, 15) is 19.5 Å². The van der Waals surface area contributed by atoms with E-state index in [1.54, 1.807) is 10.6 Å². The lowest BCUT2D eigenvalue weighted by molar-refractivity contribution is -0.139. The number of carbonyl (C=O) groups is 3. The molecule has 0 saturated carbocycles. The second kappa shape index (κ2) is 9.58. The summed E-state index contributed by atoms with van der Waals surface area (Å²) >= 11 is 0. The van der Waals surface area contributed by atoms with E-state index in [4.69, 9.17) is 10.5 Å². The molecule has 2 aromatic carbocycles. The van der Waals surface area contributed by atoms with Crippen LogP contribution in [0.4, 0.5) is 0 Å². The molecule has 8 nitrogen and oxygen atoms in total. The minimum absolute atomic E-state index is 0.0534. The van der Waals surface area contributed by atoms with Gasteiger partial charge in [-0.2, -0.15) is 0 Å². The SMILES string of the molecule is CCc1c(C(=O)C(N)=O)c2c(OCC(=O)O)nc(-c3ccccc3)cn2c1Cc1ccccc1. The minimum Gasteiger partial charge on any atom is -0.479 e. The van der Waals surface area contributed by atoms with Crippen LogP contribution in [0.3, 0.4) is 0 Å². The van der Waals surface area contributed by atoms with Gasteiger partial charge in [0.25, 0.3) is 11.7 Å². The summed E-state index contributed by atoms with van der Waals surface area (Å²) in [6.07, 6.45) is 2.68. The molecular weight excluding hydrogens is 434 g/mol. The zero-order chi connectivity index (χ0) is 24.2. The Morgan fingerprint density at radius 1 is 1.03 bits per heavy atom. The highest BCUT2D eigenvalue weighted by atomic mass is 16.5. The number of hydrogen-bond acceptors (Lipinski definition) is 5. The van der Waals surface area contributed by atoms with E-state index in [0.29, 0.717) is 24.1 Å².